The molecule has 0 aliphatic carbocycles. The third-order valence-corrected chi connectivity index (χ3v) is 3.16. The third-order valence-electron chi connectivity index (χ3n) is 3.16. The highest BCUT2D eigenvalue weighted by Gasteiger charge is 2.17. The number of hydrogen-bond donors (Lipinski definition) is 2. The van der Waals surface area contributed by atoms with Gasteiger partial charge in [0.25, 0.3) is 5.91 Å². The Bertz CT molecular complexity index is 472. The molecule has 1 rings (SSSR count). The first-order valence-corrected chi connectivity index (χ1v) is 6.82. The molecule has 0 radical (unpaired) electrons. The monoisotopic (exact) mass is 276 g/mol. The molecule has 2 atom stereocenters. The van der Waals surface area contributed by atoms with Gasteiger partial charge in [0.05, 0.1) is 0 Å². The van der Waals surface area contributed by atoms with Crippen LogP contribution in [0.3, 0.4) is 0 Å². The van der Waals surface area contributed by atoms with E-state index in [1.54, 1.807) is 13.0 Å². The van der Waals surface area contributed by atoms with E-state index >= 15 is 0 Å². The molecule has 1 aromatic rings. The van der Waals surface area contributed by atoms with Crippen LogP contribution in [0, 0.1) is 6.92 Å². The Hall–Kier alpha value is -1.81. The van der Waals surface area contributed by atoms with E-state index in [-0.39, 0.29) is 11.9 Å². The summed E-state index contributed by atoms with van der Waals surface area (Å²) in [5, 5.41) is 5.92. The highest BCUT2D eigenvalue weighted by atomic mass is 16.5. The molecule has 0 aromatic heterocycles. The summed E-state index contributed by atoms with van der Waals surface area (Å²) in [6, 6.07) is 6.19. The molecule has 0 spiro atoms. The van der Waals surface area contributed by atoms with Crippen molar-refractivity contribution in [3.8, 4) is 5.75 Å². The molecule has 1 amide bonds. The van der Waals surface area contributed by atoms with Crippen molar-refractivity contribution in [2.45, 2.75) is 32.9 Å². The van der Waals surface area contributed by atoms with Gasteiger partial charge in [-0.15, -0.1) is 6.58 Å². The van der Waals surface area contributed by atoms with Crippen LogP contribution in [0.15, 0.2) is 30.9 Å². The van der Waals surface area contributed by atoms with Gasteiger partial charge in [0.2, 0.25) is 0 Å². The number of carbonyl (C=O) groups is 1. The third kappa shape index (κ3) is 4.38. The summed E-state index contributed by atoms with van der Waals surface area (Å²) in [5.41, 5.74) is 2.15. The van der Waals surface area contributed by atoms with Crippen LogP contribution in [0.25, 0.3) is 0 Å². The standard InChI is InChI=1S/C16H24N2O2/c1-6-9-18-16(19)13(4)20-15-10-11(2)7-8-14(15)12(3)17-5/h6-8,10,12-13,17H,1,9H2,2-5H3,(H,18,19). The topological polar surface area (TPSA) is 50.4 Å². The SMILES string of the molecule is C=CCNC(=O)C(C)Oc1cc(C)ccc1C(C)NC. The van der Waals surface area contributed by atoms with Crippen LogP contribution in [0.5, 0.6) is 5.75 Å². The number of ether oxygens (including phenoxy) is 1. The molecule has 2 N–H and O–H groups in total. The summed E-state index contributed by atoms with van der Waals surface area (Å²) in [6.45, 7) is 9.82. The molecule has 4 heteroatoms. The molecule has 4 nitrogen and oxygen atoms in total. The summed E-state index contributed by atoms with van der Waals surface area (Å²) >= 11 is 0. The Balaban J connectivity index is 2.87. The molecule has 0 heterocycles. The zero-order valence-electron chi connectivity index (χ0n) is 12.7. The normalized spacial score (nSPS) is 13.4. The van der Waals surface area contributed by atoms with Crippen LogP contribution in [-0.4, -0.2) is 25.6 Å². The highest BCUT2D eigenvalue weighted by molar-refractivity contribution is 5.80. The lowest BCUT2D eigenvalue weighted by Gasteiger charge is -2.20. The van der Waals surface area contributed by atoms with E-state index in [2.05, 4.69) is 24.1 Å². The van der Waals surface area contributed by atoms with Crippen molar-refractivity contribution in [2.75, 3.05) is 13.6 Å². The molecule has 110 valence electrons. The minimum absolute atomic E-state index is 0.144. The van der Waals surface area contributed by atoms with Crippen LogP contribution in [0.4, 0.5) is 0 Å². The fourth-order valence-corrected chi connectivity index (χ4v) is 1.82. The highest BCUT2D eigenvalue weighted by Crippen LogP contribution is 2.27. The van der Waals surface area contributed by atoms with Crippen LogP contribution in [0.2, 0.25) is 0 Å². The Kier molecular flexibility index (Phi) is 6.25. The number of rotatable bonds is 7. The van der Waals surface area contributed by atoms with Crippen LogP contribution >= 0.6 is 0 Å². The first-order valence-electron chi connectivity index (χ1n) is 6.82. The van der Waals surface area contributed by atoms with Crippen LogP contribution < -0.4 is 15.4 Å². The van der Waals surface area contributed by atoms with Crippen LogP contribution in [0.1, 0.15) is 31.0 Å². The van der Waals surface area contributed by atoms with Crippen LogP contribution in [-0.2, 0) is 4.79 Å². The lowest BCUT2D eigenvalue weighted by atomic mass is 10.1. The molecule has 0 fully saturated rings. The van der Waals surface area contributed by atoms with E-state index in [9.17, 15) is 4.79 Å². The number of aryl methyl sites for hydroxylation is 1. The maximum absolute atomic E-state index is 11.8. The van der Waals surface area contributed by atoms with Gasteiger partial charge in [-0.3, -0.25) is 4.79 Å². The molecule has 2 unspecified atom stereocenters. The second kappa shape index (κ2) is 7.70. The maximum Gasteiger partial charge on any atom is 0.261 e. The van der Waals surface area contributed by atoms with Gasteiger partial charge < -0.3 is 15.4 Å². The van der Waals surface area contributed by atoms with Gasteiger partial charge in [0.1, 0.15) is 5.75 Å². The zero-order chi connectivity index (χ0) is 15.1. The van der Waals surface area contributed by atoms with E-state index in [1.165, 1.54) is 0 Å². The van der Waals surface area contributed by atoms with E-state index < -0.39 is 6.10 Å². The van der Waals surface area contributed by atoms with Gasteiger partial charge in [0.15, 0.2) is 6.10 Å². The fourth-order valence-electron chi connectivity index (χ4n) is 1.82. The van der Waals surface area contributed by atoms with Crippen molar-refractivity contribution in [1.82, 2.24) is 10.6 Å². The Morgan fingerprint density at radius 2 is 2.15 bits per heavy atom. The van der Waals surface area contributed by atoms with Gasteiger partial charge >= 0.3 is 0 Å². The molecule has 0 aliphatic heterocycles. The largest absolute Gasteiger partial charge is 0.481 e. The molecule has 1 aromatic carbocycles. The quantitative estimate of drug-likeness (QED) is 0.752. The molecular weight excluding hydrogens is 252 g/mol. The zero-order valence-corrected chi connectivity index (χ0v) is 12.7. The molecule has 20 heavy (non-hydrogen) atoms. The number of nitrogens with one attached hydrogen (secondary N) is 2. The van der Waals surface area contributed by atoms with Gasteiger partial charge in [0, 0.05) is 18.2 Å². The summed E-state index contributed by atoms with van der Waals surface area (Å²) in [7, 11) is 1.90. The number of amides is 1. The van der Waals surface area contributed by atoms with Crippen molar-refractivity contribution in [2.24, 2.45) is 0 Å². The molecular formula is C16H24N2O2. The van der Waals surface area contributed by atoms with Gasteiger partial charge in [-0.25, -0.2) is 0 Å². The first-order chi connectivity index (χ1) is 9.49. The molecule has 0 bridgehead atoms. The lowest BCUT2D eigenvalue weighted by Crippen LogP contribution is -2.36. The smallest absolute Gasteiger partial charge is 0.261 e. The Morgan fingerprint density at radius 1 is 1.45 bits per heavy atom. The number of hydrogen-bond acceptors (Lipinski definition) is 3. The van der Waals surface area contributed by atoms with E-state index in [1.807, 2.05) is 32.2 Å². The van der Waals surface area contributed by atoms with Gasteiger partial charge in [-0.1, -0.05) is 18.2 Å². The van der Waals surface area contributed by atoms with Crippen molar-refractivity contribution in [1.29, 1.82) is 0 Å². The number of carbonyl (C=O) groups excluding carboxylic acids is 1. The Morgan fingerprint density at radius 3 is 2.75 bits per heavy atom. The number of benzene rings is 1. The van der Waals surface area contributed by atoms with Crippen molar-refractivity contribution in [3.63, 3.8) is 0 Å². The lowest BCUT2D eigenvalue weighted by molar-refractivity contribution is -0.127. The van der Waals surface area contributed by atoms with Crippen molar-refractivity contribution >= 4 is 5.91 Å². The predicted octanol–water partition coefficient (Wildman–Crippen LogP) is 2.34. The summed E-state index contributed by atoms with van der Waals surface area (Å²) in [5.74, 6) is 0.600. The average molecular weight is 276 g/mol. The van der Waals surface area contributed by atoms with Crippen molar-refractivity contribution < 1.29 is 9.53 Å². The minimum atomic E-state index is -0.542. The molecule has 0 saturated heterocycles. The van der Waals surface area contributed by atoms with Gasteiger partial charge in [-0.05, 0) is 39.4 Å². The fraction of sp³-hybridized carbons (Fsp3) is 0.438. The molecule has 0 aliphatic rings. The first kappa shape index (κ1) is 16.2. The van der Waals surface area contributed by atoms with Crippen molar-refractivity contribution in [3.05, 3.63) is 42.0 Å². The Labute approximate surface area is 121 Å². The molecule has 0 saturated carbocycles. The second-order valence-electron chi connectivity index (χ2n) is 4.85. The van der Waals surface area contributed by atoms with E-state index in [0.717, 1.165) is 16.9 Å². The summed E-state index contributed by atoms with van der Waals surface area (Å²) < 4.78 is 5.82. The second-order valence-corrected chi connectivity index (χ2v) is 4.85. The summed E-state index contributed by atoms with van der Waals surface area (Å²) in [4.78, 5) is 11.8. The van der Waals surface area contributed by atoms with Gasteiger partial charge in [-0.2, -0.15) is 0 Å². The van der Waals surface area contributed by atoms with E-state index in [0.29, 0.717) is 6.54 Å². The predicted molar refractivity (Wildman–Crippen MR) is 82.0 cm³/mol. The minimum Gasteiger partial charge on any atom is -0.481 e. The maximum atomic E-state index is 11.8. The average Bonchev–Trinajstić information content (AvgIpc) is 2.44. The van der Waals surface area contributed by atoms with E-state index in [4.69, 9.17) is 4.74 Å². The summed E-state index contributed by atoms with van der Waals surface area (Å²) in [6.07, 6.45) is 1.10.